The van der Waals surface area contributed by atoms with Crippen LogP contribution >= 0.6 is 39.1 Å². The zero-order valence-electron chi connectivity index (χ0n) is 14.0. The average Bonchev–Trinajstić information content (AvgIpc) is 2.60. The van der Waals surface area contributed by atoms with Gasteiger partial charge in [-0.25, -0.2) is 4.79 Å². The number of alkyl halides is 1. The molecule has 2 aromatic carbocycles. The van der Waals surface area contributed by atoms with Gasteiger partial charge in [-0.05, 0) is 35.7 Å². The molecule has 1 atom stereocenters. The van der Waals surface area contributed by atoms with Gasteiger partial charge in [-0.1, -0.05) is 70.7 Å². The predicted octanol–water partition coefficient (Wildman–Crippen LogP) is 6.13. The van der Waals surface area contributed by atoms with Gasteiger partial charge in [0.15, 0.2) is 0 Å². The lowest BCUT2D eigenvalue weighted by Crippen LogP contribution is -2.21. The molecule has 0 aliphatic rings. The largest absolute Gasteiger partial charge is 0.472 e. The van der Waals surface area contributed by atoms with Crippen LogP contribution in [0.3, 0.4) is 0 Å². The molecule has 0 amide bonds. The van der Waals surface area contributed by atoms with Crippen molar-refractivity contribution in [2.24, 2.45) is 0 Å². The van der Waals surface area contributed by atoms with Crippen LogP contribution in [-0.4, -0.2) is 13.1 Å². The number of halogens is 3. The van der Waals surface area contributed by atoms with E-state index < -0.39 is 12.1 Å². The molecule has 25 heavy (non-hydrogen) atoms. The fraction of sp³-hybridized carbons (Fsp3) is 0.316. The van der Waals surface area contributed by atoms with Crippen LogP contribution in [0.1, 0.15) is 36.1 Å². The van der Waals surface area contributed by atoms with Gasteiger partial charge in [-0.15, -0.1) is 0 Å². The molecule has 1 unspecified atom stereocenters. The molecule has 2 rings (SSSR count). The highest BCUT2D eigenvalue weighted by atomic mass is 79.9. The molecule has 6 heteroatoms. The monoisotopic (exact) mass is 444 g/mol. The van der Waals surface area contributed by atoms with Crippen molar-refractivity contribution in [3.63, 3.8) is 0 Å². The molecule has 0 aromatic heterocycles. The number of hydrogen-bond acceptors (Lipinski definition) is 3. The van der Waals surface area contributed by atoms with Gasteiger partial charge in [0, 0.05) is 15.9 Å². The van der Waals surface area contributed by atoms with Gasteiger partial charge in [0.05, 0.1) is 12.1 Å². The minimum absolute atomic E-state index is 0.469. The van der Waals surface area contributed by atoms with Crippen molar-refractivity contribution in [1.82, 2.24) is 0 Å². The van der Waals surface area contributed by atoms with E-state index in [1.54, 1.807) is 24.3 Å². The lowest BCUT2D eigenvalue weighted by Gasteiger charge is -2.21. The van der Waals surface area contributed by atoms with Crippen LogP contribution in [0.2, 0.25) is 10.0 Å². The molecule has 0 N–H and O–H groups in total. The van der Waals surface area contributed by atoms with E-state index >= 15 is 0 Å². The number of hydrogen-bond donors (Lipinski definition) is 0. The number of methoxy groups -OCH3 is 1. The Morgan fingerprint density at radius 2 is 2.00 bits per heavy atom. The quantitative estimate of drug-likeness (QED) is 0.379. The molecular formula is C19H19BrCl2O3. The Balaban J connectivity index is 2.46. The van der Waals surface area contributed by atoms with E-state index in [2.05, 4.69) is 22.9 Å². The van der Waals surface area contributed by atoms with Crippen LogP contribution in [0.4, 0.5) is 0 Å². The first kappa shape index (κ1) is 20.1. The highest BCUT2D eigenvalue weighted by Gasteiger charge is 2.26. The first-order valence-electron chi connectivity index (χ1n) is 7.87. The predicted molar refractivity (Wildman–Crippen MR) is 105 cm³/mol. The van der Waals surface area contributed by atoms with Crippen LogP contribution in [0, 0.1) is 0 Å². The molecule has 0 spiro atoms. The highest BCUT2D eigenvalue weighted by Crippen LogP contribution is 2.36. The van der Waals surface area contributed by atoms with Gasteiger partial charge < -0.3 is 9.47 Å². The van der Waals surface area contributed by atoms with Crippen LogP contribution < -0.4 is 4.74 Å². The van der Waals surface area contributed by atoms with E-state index in [4.69, 9.17) is 32.7 Å². The molecule has 0 heterocycles. The Morgan fingerprint density at radius 1 is 1.24 bits per heavy atom. The number of aryl methyl sites for hydroxylation is 1. The molecule has 2 aromatic rings. The lowest BCUT2D eigenvalue weighted by molar-refractivity contribution is -0.149. The summed E-state index contributed by atoms with van der Waals surface area (Å²) in [6, 6.07) is 10.8. The van der Waals surface area contributed by atoms with Gasteiger partial charge in [-0.2, -0.15) is 0 Å². The summed E-state index contributed by atoms with van der Waals surface area (Å²) < 4.78 is 10.9. The molecule has 0 aliphatic carbocycles. The maximum atomic E-state index is 12.3. The highest BCUT2D eigenvalue weighted by molar-refractivity contribution is 9.08. The molecule has 134 valence electrons. The molecule has 0 saturated heterocycles. The normalized spacial score (nSPS) is 11.9. The van der Waals surface area contributed by atoms with Gasteiger partial charge in [0.2, 0.25) is 6.10 Å². The van der Waals surface area contributed by atoms with Crippen molar-refractivity contribution in [2.75, 3.05) is 7.11 Å². The summed E-state index contributed by atoms with van der Waals surface area (Å²) in [6.07, 6.45) is 0.782. The SMILES string of the molecule is CCCc1cc(CBr)cc(Cl)c1OC(C(=O)OC)c1cccc(Cl)c1. The second-order valence-corrected chi connectivity index (χ2v) is 6.93. The van der Waals surface area contributed by atoms with E-state index in [0.717, 1.165) is 24.0 Å². The molecule has 0 fully saturated rings. The maximum absolute atomic E-state index is 12.3. The average molecular weight is 446 g/mol. The van der Waals surface area contributed by atoms with Crippen molar-refractivity contribution in [2.45, 2.75) is 31.2 Å². The van der Waals surface area contributed by atoms with Crippen molar-refractivity contribution in [1.29, 1.82) is 0 Å². The third-order valence-corrected chi connectivity index (χ3v) is 4.82. The van der Waals surface area contributed by atoms with Crippen molar-refractivity contribution < 1.29 is 14.3 Å². The summed E-state index contributed by atoms with van der Waals surface area (Å²) in [4.78, 5) is 12.3. The van der Waals surface area contributed by atoms with Crippen LogP contribution in [0.15, 0.2) is 36.4 Å². The van der Waals surface area contributed by atoms with E-state index in [-0.39, 0.29) is 0 Å². The molecule has 0 aliphatic heterocycles. The summed E-state index contributed by atoms with van der Waals surface area (Å²) in [5, 5.41) is 1.68. The first-order chi connectivity index (χ1) is 12.0. The fourth-order valence-electron chi connectivity index (χ4n) is 2.52. The molecule has 3 nitrogen and oxygen atoms in total. The van der Waals surface area contributed by atoms with Crippen LogP contribution in [0.5, 0.6) is 5.75 Å². The van der Waals surface area contributed by atoms with E-state index in [0.29, 0.717) is 26.7 Å². The van der Waals surface area contributed by atoms with Crippen LogP contribution in [-0.2, 0) is 21.3 Å². The standard InChI is InChI=1S/C19H19BrCl2O3/c1-3-5-13-8-12(11-20)9-16(22)17(13)25-18(19(23)24-2)14-6-4-7-15(21)10-14/h4,6-10,18H,3,5,11H2,1-2H3. The van der Waals surface area contributed by atoms with Gasteiger partial charge >= 0.3 is 5.97 Å². The number of benzene rings is 2. The number of rotatable bonds is 7. The summed E-state index contributed by atoms with van der Waals surface area (Å²) >= 11 is 15.9. The maximum Gasteiger partial charge on any atom is 0.351 e. The minimum atomic E-state index is -0.938. The Kier molecular flexibility index (Phi) is 7.60. The number of carbonyl (C=O) groups is 1. The molecule has 0 radical (unpaired) electrons. The van der Waals surface area contributed by atoms with Crippen LogP contribution in [0.25, 0.3) is 0 Å². The van der Waals surface area contributed by atoms with Crippen molar-refractivity contribution in [3.05, 3.63) is 63.1 Å². The number of esters is 1. The summed E-state index contributed by atoms with van der Waals surface area (Å²) in [5.74, 6) is -0.00561. The number of carbonyl (C=O) groups excluding carboxylic acids is 1. The second kappa shape index (κ2) is 9.46. The first-order valence-corrected chi connectivity index (χ1v) is 9.75. The Morgan fingerprint density at radius 3 is 2.60 bits per heavy atom. The van der Waals surface area contributed by atoms with Crippen molar-refractivity contribution >= 4 is 45.1 Å². The Labute approximate surface area is 166 Å². The summed E-state index contributed by atoms with van der Waals surface area (Å²) in [5.41, 5.74) is 2.63. The third-order valence-electron chi connectivity index (χ3n) is 3.66. The summed E-state index contributed by atoms with van der Waals surface area (Å²) in [6.45, 7) is 2.08. The van der Waals surface area contributed by atoms with Gasteiger partial charge in [0.1, 0.15) is 5.75 Å². The minimum Gasteiger partial charge on any atom is -0.472 e. The Bertz CT molecular complexity index is 749. The Hall–Kier alpha value is -1.23. The van der Waals surface area contributed by atoms with E-state index in [1.807, 2.05) is 12.1 Å². The van der Waals surface area contributed by atoms with Gasteiger partial charge in [-0.3, -0.25) is 0 Å². The van der Waals surface area contributed by atoms with Crippen molar-refractivity contribution in [3.8, 4) is 5.75 Å². The van der Waals surface area contributed by atoms with E-state index in [1.165, 1.54) is 7.11 Å². The van der Waals surface area contributed by atoms with Gasteiger partial charge in [0.25, 0.3) is 0 Å². The smallest absolute Gasteiger partial charge is 0.351 e. The summed E-state index contributed by atoms with van der Waals surface area (Å²) in [7, 11) is 1.33. The second-order valence-electron chi connectivity index (χ2n) is 5.53. The lowest BCUT2D eigenvalue weighted by atomic mass is 10.0. The zero-order valence-corrected chi connectivity index (χ0v) is 17.1. The third kappa shape index (κ3) is 5.13. The number of ether oxygens (including phenoxy) is 2. The molecule has 0 saturated carbocycles. The molecule has 0 bridgehead atoms. The fourth-order valence-corrected chi connectivity index (χ4v) is 3.35. The van der Waals surface area contributed by atoms with E-state index in [9.17, 15) is 4.79 Å². The zero-order chi connectivity index (χ0) is 18.4. The topological polar surface area (TPSA) is 35.5 Å². The molecular weight excluding hydrogens is 427 g/mol.